The van der Waals surface area contributed by atoms with Gasteiger partial charge in [0.05, 0.1) is 0 Å². The van der Waals surface area contributed by atoms with Crippen molar-refractivity contribution in [3.05, 3.63) is 33.1 Å². The lowest BCUT2D eigenvalue weighted by molar-refractivity contribution is 0.351. The van der Waals surface area contributed by atoms with E-state index in [1.807, 2.05) is 20.8 Å². The van der Waals surface area contributed by atoms with Crippen molar-refractivity contribution in [3.8, 4) is 0 Å². The van der Waals surface area contributed by atoms with Crippen LogP contribution in [0.3, 0.4) is 0 Å². The third-order valence-electron chi connectivity index (χ3n) is 3.48. The molecule has 0 aromatic carbocycles. The largest absolute Gasteiger partial charge is 0.331 e. The zero-order chi connectivity index (χ0) is 15.2. The molecule has 1 aromatic rings. The molecule has 0 radical (unpaired) electrons. The Balaban J connectivity index is 2.69. The number of hydrogen-bond donors (Lipinski definition) is 0. The van der Waals surface area contributed by atoms with Crippen molar-refractivity contribution in [2.24, 2.45) is 0 Å². The van der Waals surface area contributed by atoms with E-state index in [1.54, 1.807) is 10.8 Å². The van der Waals surface area contributed by atoms with Crippen LogP contribution in [0.5, 0.6) is 0 Å². The molecule has 0 aliphatic heterocycles. The highest BCUT2D eigenvalue weighted by Gasteiger charge is 2.18. The zero-order valence-corrected chi connectivity index (χ0v) is 13.3. The van der Waals surface area contributed by atoms with E-state index in [2.05, 4.69) is 6.92 Å². The molecular weight excluding hydrogens is 252 g/mol. The molecule has 0 amide bonds. The lowest BCUT2D eigenvalue weighted by Crippen LogP contribution is -2.47. The molecule has 0 spiro atoms. The SMILES string of the molecule is CCCCCCCCn1ccc(=O)n(C(C)(C)C)c1=O. The fourth-order valence-electron chi connectivity index (χ4n) is 2.36. The first-order valence-electron chi connectivity index (χ1n) is 7.71. The summed E-state index contributed by atoms with van der Waals surface area (Å²) in [6.07, 6.45) is 8.78. The third kappa shape index (κ3) is 4.66. The molecule has 0 aliphatic carbocycles. The van der Waals surface area contributed by atoms with Crippen molar-refractivity contribution in [3.63, 3.8) is 0 Å². The van der Waals surface area contributed by atoms with Crippen LogP contribution in [-0.4, -0.2) is 9.13 Å². The van der Waals surface area contributed by atoms with E-state index in [-0.39, 0.29) is 11.2 Å². The summed E-state index contributed by atoms with van der Waals surface area (Å²) < 4.78 is 3.00. The summed E-state index contributed by atoms with van der Waals surface area (Å²) >= 11 is 0. The van der Waals surface area contributed by atoms with Gasteiger partial charge in [0.2, 0.25) is 0 Å². The van der Waals surface area contributed by atoms with Gasteiger partial charge in [-0.3, -0.25) is 9.36 Å². The van der Waals surface area contributed by atoms with Crippen LogP contribution in [0.25, 0.3) is 0 Å². The quantitative estimate of drug-likeness (QED) is 0.720. The molecule has 0 atom stereocenters. The summed E-state index contributed by atoms with van der Waals surface area (Å²) in [6.45, 7) is 8.54. The summed E-state index contributed by atoms with van der Waals surface area (Å²) in [4.78, 5) is 24.2. The average Bonchev–Trinajstić information content (AvgIpc) is 2.34. The van der Waals surface area contributed by atoms with Gasteiger partial charge in [0, 0.05) is 24.3 Å². The van der Waals surface area contributed by atoms with Crippen LogP contribution < -0.4 is 11.2 Å². The van der Waals surface area contributed by atoms with Crippen LogP contribution in [0.4, 0.5) is 0 Å². The Labute approximate surface area is 121 Å². The molecule has 20 heavy (non-hydrogen) atoms. The number of hydrogen-bond acceptors (Lipinski definition) is 2. The second-order valence-corrected chi connectivity index (χ2v) is 6.40. The summed E-state index contributed by atoms with van der Waals surface area (Å²) in [7, 11) is 0. The molecule has 0 aliphatic rings. The van der Waals surface area contributed by atoms with Crippen molar-refractivity contribution in [1.29, 1.82) is 0 Å². The fourth-order valence-corrected chi connectivity index (χ4v) is 2.36. The van der Waals surface area contributed by atoms with Gasteiger partial charge in [-0.05, 0) is 27.2 Å². The first kappa shape index (κ1) is 16.7. The highest BCUT2D eigenvalue weighted by molar-refractivity contribution is 4.91. The van der Waals surface area contributed by atoms with Crippen molar-refractivity contribution < 1.29 is 0 Å². The summed E-state index contributed by atoms with van der Waals surface area (Å²) in [5, 5.41) is 0. The monoisotopic (exact) mass is 280 g/mol. The molecule has 114 valence electrons. The molecule has 4 nitrogen and oxygen atoms in total. The minimum atomic E-state index is -0.474. The van der Waals surface area contributed by atoms with E-state index in [9.17, 15) is 9.59 Å². The predicted octanol–water partition coefficient (Wildman–Crippen LogP) is 3.13. The second kappa shape index (κ2) is 7.46. The lowest BCUT2D eigenvalue weighted by Gasteiger charge is -2.22. The molecule has 0 saturated heterocycles. The van der Waals surface area contributed by atoms with E-state index >= 15 is 0 Å². The molecule has 4 heteroatoms. The third-order valence-corrected chi connectivity index (χ3v) is 3.48. The van der Waals surface area contributed by atoms with Gasteiger partial charge in [-0.25, -0.2) is 4.79 Å². The smallest absolute Gasteiger partial charge is 0.300 e. The molecule has 1 aromatic heterocycles. The van der Waals surface area contributed by atoms with Gasteiger partial charge >= 0.3 is 5.69 Å². The molecule has 1 rings (SSSR count). The maximum absolute atomic E-state index is 12.3. The highest BCUT2D eigenvalue weighted by Crippen LogP contribution is 2.08. The maximum atomic E-state index is 12.3. The summed E-state index contributed by atoms with van der Waals surface area (Å²) in [5.74, 6) is 0. The molecular formula is C16H28N2O2. The Morgan fingerprint density at radius 1 is 1.00 bits per heavy atom. The first-order chi connectivity index (χ1) is 9.38. The van der Waals surface area contributed by atoms with Gasteiger partial charge in [-0.2, -0.15) is 0 Å². The minimum Gasteiger partial charge on any atom is -0.300 e. The van der Waals surface area contributed by atoms with E-state index in [1.165, 1.54) is 36.3 Å². The van der Waals surface area contributed by atoms with Crippen molar-refractivity contribution in [2.45, 2.75) is 78.3 Å². The summed E-state index contributed by atoms with van der Waals surface area (Å²) in [6, 6.07) is 1.49. The number of nitrogens with zero attached hydrogens (tertiary/aromatic N) is 2. The molecule has 1 heterocycles. The van der Waals surface area contributed by atoms with E-state index in [0.29, 0.717) is 6.54 Å². The molecule has 0 unspecified atom stereocenters. The Morgan fingerprint density at radius 3 is 2.20 bits per heavy atom. The molecule has 0 bridgehead atoms. The van der Waals surface area contributed by atoms with Gasteiger partial charge in [-0.1, -0.05) is 39.0 Å². The Bertz CT molecular complexity index is 521. The highest BCUT2D eigenvalue weighted by atomic mass is 16.2. The van der Waals surface area contributed by atoms with Crippen molar-refractivity contribution >= 4 is 0 Å². The summed E-state index contributed by atoms with van der Waals surface area (Å²) in [5.41, 5.74) is -0.890. The predicted molar refractivity (Wildman–Crippen MR) is 83.3 cm³/mol. The minimum absolute atomic E-state index is 0.196. The number of aromatic nitrogens is 2. The van der Waals surface area contributed by atoms with Crippen LogP contribution >= 0.6 is 0 Å². The maximum Gasteiger partial charge on any atom is 0.331 e. The molecule has 0 N–H and O–H groups in total. The average molecular weight is 280 g/mol. The lowest BCUT2D eigenvalue weighted by atomic mass is 10.1. The molecule has 0 fully saturated rings. The number of aryl methyl sites for hydroxylation is 1. The van der Waals surface area contributed by atoms with Gasteiger partial charge in [0.25, 0.3) is 5.56 Å². The van der Waals surface area contributed by atoms with Gasteiger partial charge < -0.3 is 4.57 Å². The Hall–Kier alpha value is -1.32. The van der Waals surface area contributed by atoms with Crippen LogP contribution in [0.1, 0.15) is 66.2 Å². The van der Waals surface area contributed by atoms with E-state index in [0.717, 1.165) is 12.8 Å². The topological polar surface area (TPSA) is 44.0 Å². The van der Waals surface area contributed by atoms with Gasteiger partial charge in [-0.15, -0.1) is 0 Å². The first-order valence-corrected chi connectivity index (χ1v) is 7.71. The van der Waals surface area contributed by atoms with Crippen LogP contribution in [-0.2, 0) is 12.1 Å². The van der Waals surface area contributed by atoms with Crippen molar-refractivity contribution in [1.82, 2.24) is 9.13 Å². The standard InChI is InChI=1S/C16H28N2O2/c1-5-6-7-8-9-10-12-17-13-11-14(19)18(15(17)20)16(2,3)4/h11,13H,5-10,12H2,1-4H3. The molecule has 0 saturated carbocycles. The normalized spacial score (nSPS) is 11.8. The van der Waals surface area contributed by atoms with Crippen LogP contribution in [0.15, 0.2) is 21.9 Å². The Morgan fingerprint density at radius 2 is 1.60 bits per heavy atom. The van der Waals surface area contributed by atoms with Crippen molar-refractivity contribution in [2.75, 3.05) is 0 Å². The number of rotatable bonds is 7. The van der Waals surface area contributed by atoms with Crippen LogP contribution in [0.2, 0.25) is 0 Å². The van der Waals surface area contributed by atoms with E-state index in [4.69, 9.17) is 0 Å². The van der Waals surface area contributed by atoms with Gasteiger partial charge in [0.1, 0.15) is 0 Å². The van der Waals surface area contributed by atoms with Gasteiger partial charge in [0.15, 0.2) is 0 Å². The van der Waals surface area contributed by atoms with Crippen LogP contribution in [0, 0.1) is 0 Å². The Kier molecular flexibility index (Phi) is 6.24. The fraction of sp³-hybridized carbons (Fsp3) is 0.750. The van der Waals surface area contributed by atoms with E-state index < -0.39 is 5.54 Å². The zero-order valence-electron chi connectivity index (χ0n) is 13.3. The second-order valence-electron chi connectivity index (χ2n) is 6.40. The number of unbranched alkanes of at least 4 members (excludes halogenated alkanes) is 5.